The molecule has 0 aromatic rings. The lowest BCUT2D eigenvalue weighted by Gasteiger charge is -2.22. The summed E-state index contributed by atoms with van der Waals surface area (Å²) in [6.45, 7) is 5.63. The van der Waals surface area contributed by atoms with Gasteiger partial charge < -0.3 is 9.84 Å². The maximum atomic E-state index is 11.7. The highest BCUT2D eigenvalue weighted by molar-refractivity contribution is 5.70. The summed E-state index contributed by atoms with van der Waals surface area (Å²) >= 11 is 0. The van der Waals surface area contributed by atoms with E-state index in [-0.39, 0.29) is 29.8 Å². The summed E-state index contributed by atoms with van der Waals surface area (Å²) in [5, 5.41) is 9.83. The molecule has 4 unspecified atom stereocenters. The monoisotopic (exact) mass is 224 g/mol. The van der Waals surface area contributed by atoms with Gasteiger partial charge in [0.1, 0.15) is 5.60 Å². The molecule has 0 spiro atoms. The number of esters is 1. The van der Waals surface area contributed by atoms with Crippen molar-refractivity contribution in [1.29, 1.82) is 0 Å². The molecule has 0 aliphatic heterocycles. The van der Waals surface area contributed by atoms with Crippen LogP contribution in [0.25, 0.3) is 0 Å². The van der Waals surface area contributed by atoms with E-state index in [1.165, 1.54) is 0 Å². The van der Waals surface area contributed by atoms with E-state index >= 15 is 0 Å². The van der Waals surface area contributed by atoms with E-state index < -0.39 is 5.60 Å². The Kier molecular flexibility index (Phi) is 2.82. The largest absolute Gasteiger partial charge is 0.460 e. The Labute approximate surface area is 96.5 Å². The van der Waals surface area contributed by atoms with Gasteiger partial charge >= 0.3 is 5.97 Å². The van der Waals surface area contributed by atoms with Crippen molar-refractivity contribution in [2.45, 2.75) is 45.3 Å². The first-order valence-corrected chi connectivity index (χ1v) is 5.95. The van der Waals surface area contributed by atoms with E-state index in [9.17, 15) is 9.90 Å². The Morgan fingerprint density at radius 3 is 2.56 bits per heavy atom. The van der Waals surface area contributed by atoms with Gasteiger partial charge in [0.05, 0.1) is 6.10 Å². The molecule has 16 heavy (non-hydrogen) atoms. The van der Waals surface area contributed by atoms with Gasteiger partial charge in [-0.3, -0.25) is 4.79 Å². The number of carbonyl (C=O) groups excluding carboxylic acids is 1. The van der Waals surface area contributed by atoms with Crippen molar-refractivity contribution in [2.75, 3.05) is 0 Å². The molecule has 1 saturated carbocycles. The van der Waals surface area contributed by atoms with E-state index in [0.29, 0.717) is 6.42 Å². The fourth-order valence-electron chi connectivity index (χ4n) is 2.76. The van der Waals surface area contributed by atoms with Crippen LogP contribution in [0.2, 0.25) is 0 Å². The minimum atomic E-state index is -0.414. The first-order valence-electron chi connectivity index (χ1n) is 5.95. The minimum Gasteiger partial charge on any atom is -0.460 e. The highest BCUT2D eigenvalue weighted by atomic mass is 16.6. The molecule has 3 heteroatoms. The second-order valence-electron chi connectivity index (χ2n) is 5.90. The van der Waals surface area contributed by atoms with Gasteiger partial charge in [-0.25, -0.2) is 0 Å². The van der Waals surface area contributed by atoms with Crippen molar-refractivity contribution >= 4 is 5.97 Å². The lowest BCUT2D eigenvalue weighted by molar-refractivity contribution is -0.156. The predicted octanol–water partition coefficient (Wildman–Crippen LogP) is 1.90. The molecule has 1 fully saturated rings. The summed E-state index contributed by atoms with van der Waals surface area (Å²) in [5.41, 5.74) is -0.414. The normalized spacial score (nSPS) is 36.8. The second kappa shape index (κ2) is 3.88. The number of rotatable bonds is 2. The van der Waals surface area contributed by atoms with Crippen LogP contribution in [0.5, 0.6) is 0 Å². The Balaban J connectivity index is 1.88. The average molecular weight is 224 g/mol. The molecule has 2 aliphatic rings. The first-order chi connectivity index (χ1) is 7.37. The van der Waals surface area contributed by atoms with Gasteiger partial charge in [0.15, 0.2) is 0 Å². The summed E-state index contributed by atoms with van der Waals surface area (Å²) in [6, 6.07) is 0. The molecule has 0 saturated heterocycles. The van der Waals surface area contributed by atoms with Gasteiger partial charge in [0, 0.05) is 18.3 Å². The Morgan fingerprint density at radius 1 is 1.44 bits per heavy atom. The number of hydrogen-bond donors (Lipinski definition) is 1. The van der Waals surface area contributed by atoms with Crippen LogP contribution in [0.15, 0.2) is 12.2 Å². The van der Waals surface area contributed by atoms with Crippen LogP contribution >= 0.6 is 0 Å². The van der Waals surface area contributed by atoms with Crippen LogP contribution in [0.1, 0.15) is 33.6 Å². The first kappa shape index (κ1) is 11.6. The lowest BCUT2D eigenvalue weighted by atomic mass is 9.90. The molecule has 4 atom stereocenters. The van der Waals surface area contributed by atoms with Gasteiger partial charge in [-0.15, -0.1) is 0 Å². The Bertz CT molecular complexity index is 314. The van der Waals surface area contributed by atoms with Crippen molar-refractivity contribution in [3.63, 3.8) is 0 Å². The van der Waals surface area contributed by atoms with Crippen LogP contribution in [0.3, 0.4) is 0 Å². The predicted molar refractivity (Wildman–Crippen MR) is 60.7 cm³/mol. The van der Waals surface area contributed by atoms with Crippen molar-refractivity contribution < 1.29 is 14.6 Å². The van der Waals surface area contributed by atoms with Gasteiger partial charge in [0.2, 0.25) is 0 Å². The van der Waals surface area contributed by atoms with Gasteiger partial charge in [0.25, 0.3) is 0 Å². The third-order valence-corrected chi connectivity index (χ3v) is 3.38. The van der Waals surface area contributed by atoms with Crippen LogP contribution < -0.4 is 0 Å². The number of aliphatic hydroxyl groups excluding tert-OH is 1. The summed E-state index contributed by atoms with van der Waals surface area (Å²) in [4.78, 5) is 11.7. The topological polar surface area (TPSA) is 46.5 Å². The fraction of sp³-hybridized carbons (Fsp3) is 0.769. The third-order valence-electron chi connectivity index (χ3n) is 3.38. The van der Waals surface area contributed by atoms with Gasteiger partial charge in [-0.2, -0.15) is 0 Å². The van der Waals surface area contributed by atoms with Crippen LogP contribution in [0.4, 0.5) is 0 Å². The summed E-state index contributed by atoms with van der Waals surface area (Å²) in [5.74, 6) is 0.542. The van der Waals surface area contributed by atoms with E-state index in [1.807, 2.05) is 26.8 Å². The molecule has 2 bridgehead atoms. The van der Waals surface area contributed by atoms with Crippen molar-refractivity contribution in [2.24, 2.45) is 17.8 Å². The molecular formula is C13H20O3. The summed E-state index contributed by atoms with van der Waals surface area (Å²) in [7, 11) is 0. The molecule has 2 rings (SSSR count). The molecule has 2 aliphatic carbocycles. The zero-order chi connectivity index (χ0) is 11.9. The standard InChI is InChI=1S/C13H20O3/c1-13(2,3)16-11(14)7-9-6-8-4-5-10(9)12(8)15/h4-5,8-10,12,15H,6-7H2,1-3H3. The third kappa shape index (κ3) is 2.29. The zero-order valence-corrected chi connectivity index (χ0v) is 10.1. The summed E-state index contributed by atoms with van der Waals surface area (Å²) in [6.07, 6.45) is 5.20. The molecule has 0 aromatic heterocycles. The fourth-order valence-corrected chi connectivity index (χ4v) is 2.76. The van der Waals surface area contributed by atoms with E-state index in [0.717, 1.165) is 6.42 Å². The zero-order valence-electron chi connectivity index (χ0n) is 10.1. The molecule has 1 N–H and O–H groups in total. The quantitative estimate of drug-likeness (QED) is 0.575. The molecule has 90 valence electrons. The minimum absolute atomic E-state index is 0.148. The van der Waals surface area contributed by atoms with E-state index in [1.54, 1.807) is 0 Å². The van der Waals surface area contributed by atoms with Crippen LogP contribution in [0, 0.1) is 17.8 Å². The second-order valence-corrected chi connectivity index (χ2v) is 5.90. The van der Waals surface area contributed by atoms with Crippen LogP contribution in [-0.4, -0.2) is 22.8 Å². The highest BCUT2D eigenvalue weighted by Gasteiger charge is 2.44. The van der Waals surface area contributed by atoms with Gasteiger partial charge in [-0.05, 0) is 33.1 Å². The Hall–Kier alpha value is -0.830. The number of ether oxygens (including phenoxy) is 1. The van der Waals surface area contributed by atoms with Gasteiger partial charge in [-0.1, -0.05) is 12.2 Å². The number of aliphatic hydroxyl groups is 1. The number of carbonyl (C=O) groups is 1. The molecule has 3 nitrogen and oxygen atoms in total. The Morgan fingerprint density at radius 2 is 2.12 bits per heavy atom. The average Bonchev–Trinajstić information content (AvgIpc) is 2.57. The number of fused-ring (bicyclic) bond motifs is 2. The molecular weight excluding hydrogens is 204 g/mol. The van der Waals surface area contributed by atoms with Crippen molar-refractivity contribution in [3.05, 3.63) is 12.2 Å². The lowest BCUT2D eigenvalue weighted by Crippen LogP contribution is -2.26. The SMILES string of the molecule is CC(C)(C)OC(=O)CC1CC2C=CC1C2O. The molecule has 0 aromatic carbocycles. The molecule has 0 radical (unpaired) electrons. The maximum absolute atomic E-state index is 11.7. The smallest absolute Gasteiger partial charge is 0.306 e. The highest BCUT2D eigenvalue weighted by Crippen LogP contribution is 2.45. The molecule has 0 amide bonds. The number of hydrogen-bond acceptors (Lipinski definition) is 3. The van der Waals surface area contributed by atoms with E-state index in [2.05, 4.69) is 6.08 Å². The molecule has 0 heterocycles. The van der Waals surface area contributed by atoms with E-state index in [4.69, 9.17) is 4.74 Å². The maximum Gasteiger partial charge on any atom is 0.306 e. The van der Waals surface area contributed by atoms with Crippen molar-refractivity contribution in [1.82, 2.24) is 0 Å². The van der Waals surface area contributed by atoms with Crippen LogP contribution in [-0.2, 0) is 9.53 Å². The van der Waals surface area contributed by atoms with Crippen molar-refractivity contribution in [3.8, 4) is 0 Å². The summed E-state index contributed by atoms with van der Waals surface area (Å²) < 4.78 is 5.30.